The van der Waals surface area contributed by atoms with Gasteiger partial charge in [0.1, 0.15) is 25.2 Å². The highest BCUT2D eigenvalue weighted by Gasteiger charge is 2.18. The van der Waals surface area contributed by atoms with E-state index in [1.54, 1.807) is 19.2 Å². The van der Waals surface area contributed by atoms with Crippen molar-refractivity contribution in [2.24, 2.45) is 0 Å². The number of aldehydes is 1. The molecule has 0 radical (unpaired) electrons. The highest BCUT2D eigenvalue weighted by atomic mass is 16.5. The number of methoxy groups -OCH3 is 1. The Balaban J connectivity index is 2.28. The quantitative estimate of drug-likeness (QED) is 0.631. The van der Waals surface area contributed by atoms with Crippen molar-refractivity contribution in [3.8, 4) is 40.2 Å². The number of ether oxygens (including phenoxy) is 3. The Morgan fingerprint density at radius 3 is 2.64 bits per heavy atom. The van der Waals surface area contributed by atoms with Crippen molar-refractivity contribution in [2.75, 3.05) is 20.3 Å². The molecule has 22 heavy (non-hydrogen) atoms. The maximum absolute atomic E-state index is 11.2. The molecule has 0 unspecified atom stereocenters. The van der Waals surface area contributed by atoms with Crippen molar-refractivity contribution in [1.82, 2.24) is 0 Å². The smallest absolute Gasteiger partial charge is 0.170 e. The van der Waals surface area contributed by atoms with Crippen molar-refractivity contribution < 1.29 is 19.0 Å². The van der Waals surface area contributed by atoms with Gasteiger partial charge in [-0.2, -0.15) is 0 Å². The first kappa shape index (κ1) is 14.0. The van der Waals surface area contributed by atoms with Crippen LogP contribution < -0.4 is 14.2 Å². The average Bonchev–Trinajstić information content (AvgIpc) is 2.58. The molecule has 4 nitrogen and oxygen atoms in total. The van der Waals surface area contributed by atoms with Gasteiger partial charge in [0, 0.05) is 16.7 Å². The first-order chi connectivity index (χ1) is 10.8. The highest BCUT2D eigenvalue weighted by molar-refractivity contribution is 5.86. The number of rotatable bonds is 2. The van der Waals surface area contributed by atoms with E-state index in [0.29, 0.717) is 29.4 Å². The number of hydrogen-bond donors (Lipinski definition) is 0. The highest BCUT2D eigenvalue weighted by Crippen LogP contribution is 2.42. The Hall–Kier alpha value is -2.93. The summed E-state index contributed by atoms with van der Waals surface area (Å²) in [6, 6.07) is 11.0. The van der Waals surface area contributed by atoms with Crippen LogP contribution in [0.5, 0.6) is 17.2 Å². The van der Waals surface area contributed by atoms with Crippen LogP contribution in [-0.2, 0) is 0 Å². The SMILES string of the molecule is COc1cc(C=O)cc2c1OCC#CCOc1ccccc1-2. The van der Waals surface area contributed by atoms with Crippen LogP contribution in [0.2, 0.25) is 0 Å². The molecule has 0 fully saturated rings. The lowest BCUT2D eigenvalue weighted by Gasteiger charge is -2.17. The second kappa shape index (κ2) is 6.23. The zero-order chi connectivity index (χ0) is 15.4. The number of benzene rings is 2. The van der Waals surface area contributed by atoms with Crippen LogP contribution in [0.3, 0.4) is 0 Å². The van der Waals surface area contributed by atoms with Crippen LogP contribution in [0, 0.1) is 11.8 Å². The first-order valence-electron chi connectivity index (χ1n) is 6.81. The summed E-state index contributed by atoms with van der Waals surface area (Å²) >= 11 is 0. The van der Waals surface area contributed by atoms with E-state index in [2.05, 4.69) is 11.8 Å². The van der Waals surface area contributed by atoms with Crippen molar-refractivity contribution in [3.05, 3.63) is 42.0 Å². The predicted molar refractivity (Wildman–Crippen MR) is 82.6 cm³/mol. The molecule has 4 heteroatoms. The topological polar surface area (TPSA) is 44.8 Å². The molecule has 0 bridgehead atoms. The van der Waals surface area contributed by atoms with Gasteiger partial charge < -0.3 is 14.2 Å². The lowest BCUT2D eigenvalue weighted by Crippen LogP contribution is -2.04. The van der Waals surface area contributed by atoms with Gasteiger partial charge in [0.2, 0.25) is 0 Å². The molecular weight excluding hydrogens is 280 g/mol. The molecule has 0 N–H and O–H groups in total. The first-order valence-corrected chi connectivity index (χ1v) is 6.81. The van der Waals surface area contributed by atoms with Crippen molar-refractivity contribution in [2.45, 2.75) is 0 Å². The Kier molecular flexibility index (Phi) is 3.97. The third-order valence-electron chi connectivity index (χ3n) is 3.32. The zero-order valence-corrected chi connectivity index (χ0v) is 12.1. The Labute approximate surface area is 128 Å². The monoisotopic (exact) mass is 294 g/mol. The summed E-state index contributed by atoms with van der Waals surface area (Å²) in [7, 11) is 1.54. The lowest BCUT2D eigenvalue weighted by atomic mass is 10.0. The minimum Gasteiger partial charge on any atom is -0.493 e. The molecule has 0 aromatic heterocycles. The van der Waals surface area contributed by atoms with Crippen LogP contribution in [-0.4, -0.2) is 26.6 Å². The molecule has 1 aliphatic rings. The van der Waals surface area contributed by atoms with E-state index < -0.39 is 0 Å². The number of carbonyl (C=O) groups excluding carboxylic acids is 1. The van der Waals surface area contributed by atoms with Crippen LogP contribution in [0.15, 0.2) is 36.4 Å². The zero-order valence-electron chi connectivity index (χ0n) is 12.1. The summed E-state index contributed by atoms with van der Waals surface area (Å²) in [5.74, 6) is 7.52. The molecule has 1 heterocycles. The summed E-state index contributed by atoms with van der Waals surface area (Å²) in [6.07, 6.45) is 0.783. The van der Waals surface area contributed by atoms with E-state index in [9.17, 15) is 4.79 Å². The molecule has 0 saturated carbocycles. The van der Waals surface area contributed by atoms with E-state index >= 15 is 0 Å². The Bertz CT molecular complexity index is 768. The molecule has 1 aliphatic heterocycles. The molecule has 0 spiro atoms. The van der Waals surface area contributed by atoms with Crippen LogP contribution >= 0.6 is 0 Å². The second-order valence-corrected chi connectivity index (χ2v) is 4.64. The number of para-hydroxylation sites is 1. The van der Waals surface area contributed by atoms with Crippen LogP contribution in [0.4, 0.5) is 0 Å². The standard InChI is InChI=1S/C18H14O4/c1-20-17-11-13(12-19)10-15-14-6-2-3-7-16(14)21-8-4-5-9-22-18(15)17/h2-3,6-7,10-12H,8-9H2,1H3. The van der Waals surface area contributed by atoms with Crippen molar-refractivity contribution >= 4 is 6.29 Å². The Morgan fingerprint density at radius 2 is 1.86 bits per heavy atom. The van der Waals surface area contributed by atoms with Gasteiger partial charge in [0.25, 0.3) is 0 Å². The molecule has 0 aliphatic carbocycles. The summed E-state index contributed by atoms with van der Waals surface area (Å²) in [5.41, 5.74) is 2.10. The number of fused-ring (bicyclic) bond motifs is 3. The normalized spacial score (nSPS) is 12.4. The molecule has 3 rings (SSSR count). The van der Waals surface area contributed by atoms with Crippen molar-refractivity contribution in [3.63, 3.8) is 0 Å². The minimum atomic E-state index is 0.231. The third-order valence-corrected chi connectivity index (χ3v) is 3.32. The summed E-state index contributed by atoms with van der Waals surface area (Å²) in [6.45, 7) is 0.523. The third kappa shape index (κ3) is 2.61. The fraction of sp³-hybridized carbons (Fsp3) is 0.167. The van der Waals surface area contributed by atoms with Crippen LogP contribution in [0.1, 0.15) is 10.4 Å². The van der Waals surface area contributed by atoms with Gasteiger partial charge in [0.15, 0.2) is 11.5 Å². The summed E-state index contributed by atoms with van der Waals surface area (Å²) in [4.78, 5) is 11.2. The predicted octanol–water partition coefficient (Wildman–Crippen LogP) is 2.95. The molecule has 0 saturated heterocycles. The molecule has 0 atom stereocenters. The fourth-order valence-corrected chi connectivity index (χ4v) is 2.33. The number of carbonyl (C=O) groups is 1. The number of hydrogen-bond acceptors (Lipinski definition) is 4. The fourth-order valence-electron chi connectivity index (χ4n) is 2.33. The molecule has 2 aromatic carbocycles. The maximum atomic E-state index is 11.2. The van der Waals surface area contributed by atoms with E-state index in [4.69, 9.17) is 14.2 Å². The molecule has 0 amide bonds. The average molecular weight is 294 g/mol. The van der Waals surface area contributed by atoms with Gasteiger partial charge >= 0.3 is 0 Å². The molecule has 110 valence electrons. The maximum Gasteiger partial charge on any atom is 0.170 e. The van der Waals surface area contributed by atoms with E-state index in [-0.39, 0.29) is 6.61 Å². The molecule has 2 aromatic rings. The largest absolute Gasteiger partial charge is 0.493 e. The molecular formula is C18H14O4. The van der Waals surface area contributed by atoms with Gasteiger partial charge in [-0.1, -0.05) is 30.0 Å². The van der Waals surface area contributed by atoms with Gasteiger partial charge in [0.05, 0.1) is 7.11 Å². The minimum absolute atomic E-state index is 0.231. The van der Waals surface area contributed by atoms with Gasteiger partial charge in [-0.3, -0.25) is 4.79 Å². The van der Waals surface area contributed by atoms with E-state index in [1.807, 2.05) is 24.3 Å². The summed E-state index contributed by atoms with van der Waals surface area (Å²) < 4.78 is 16.8. The second-order valence-electron chi connectivity index (χ2n) is 4.64. The van der Waals surface area contributed by atoms with Crippen molar-refractivity contribution in [1.29, 1.82) is 0 Å². The van der Waals surface area contributed by atoms with Gasteiger partial charge in [-0.15, -0.1) is 0 Å². The Morgan fingerprint density at radius 1 is 1.09 bits per heavy atom. The lowest BCUT2D eigenvalue weighted by molar-refractivity contribution is 0.112. The van der Waals surface area contributed by atoms with E-state index in [0.717, 1.165) is 17.4 Å². The van der Waals surface area contributed by atoms with E-state index in [1.165, 1.54) is 0 Å². The van der Waals surface area contributed by atoms with Gasteiger partial charge in [-0.05, 0) is 18.2 Å². The van der Waals surface area contributed by atoms with Gasteiger partial charge in [-0.25, -0.2) is 0 Å². The van der Waals surface area contributed by atoms with Crippen LogP contribution in [0.25, 0.3) is 11.1 Å². The summed E-state index contributed by atoms with van der Waals surface area (Å²) in [5, 5.41) is 0.